The van der Waals surface area contributed by atoms with E-state index in [-0.39, 0.29) is 0 Å². The van der Waals surface area contributed by atoms with Crippen LogP contribution in [-0.2, 0) is 0 Å². The van der Waals surface area contributed by atoms with Crippen LogP contribution in [0.3, 0.4) is 0 Å². The summed E-state index contributed by atoms with van der Waals surface area (Å²) in [4.78, 5) is 15.1. The molecule has 8 aromatic carbocycles. The molecule has 10 aromatic rings. The fourth-order valence-electron chi connectivity index (χ4n) is 7.38. The molecule has 2 aromatic heterocycles. The minimum atomic E-state index is 0.639. The smallest absolute Gasteiger partial charge is 0.164 e. The Morgan fingerprint density at radius 2 is 0.691 bits per heavy atom. The molecule has 0 unspecified atom stereocenters. The molecule has 0 spiro atoms. The van der Waals surface area contributed by atoms with E-state index in [0.717, 1.165) is 27.8 Å². The Labute approximate surface area is 323 Å². The molecule has 4 heteroatoms. The van der Waals surface area contributed by atoms with Gasteiger partial charge in [-0.2, -0.15) is 0 Å². The van der Waals surface area contributed by atoms with Crippen molar-refractivity contribution in [2.45, 2.75) is 0 Å². The van der Waals surface area contributed by atoms with E-state index in [1.807, 2.05) is 47.7 Å². The zero-order valence-corrected chi connectivity index (χ0v) is 30.6. The van der Waals surface area contributed by atoms with Crippen LogP contribution in [-0.4, -0.2) is 15.0 Å². The lowest BCUT2D eigenvalue weighted by atomic mass is 9.95. The van der Waals surface area contributed by atoms with Crippen molar-refractivity contribution in [3.63, 3.8) is 0 Å². The van der Waals surface area contributed by atoms with Crippen molar-refractivity contribution in [3.05, 3.63) is 200 Å². The van der Waals surface area contributed by atoms with Crippen molar-refractivity contribution >= 4 is 31.5 Å². The zero-order valence-electron chi connectivity index (χ0n) is 29.8. The average Bonchev–Trinajstić information content (AvgIpc) is 3.66. The summed E-state index contributed by atoms with van der Waals surface area (Å²) >= 11 is 1.87. The van der Waals surface area contributed by atoms with Crippen LogP contribution in [0.25, 0.3) is 98.8 Å². The number of thiophene rings is 1. The van der Waals surface area contributed by atoms with Gasteiger partial charge in [0.2, 0.25) is 0 Å². The predicted molar refractivity (Wildman–Crippen MR) is 231 cm³/mol. The number of aromatic nitrogens is 3. The van der Waals surface area contributed by atoms with Crippen LogP contribution >= 0.6 is 11.3 Å². The van der Waals surface area contributed by atoms with Crippen molar-refractivity contribution in [2.24, 2.45) is 0 Å². The molecule has 0 saturated heterocycles. The summed E-state index contributed by atoms with van der Waals surface area (Å²) in [5.41, 5.74) is 12.4. The van der Waals surface area contributed by atoms with E-state index in [1.54, 1.807) is 0 Å². The first-order valence-corrected chi connectivity index (χ1v) is 19.3. The van der Waals surface area contributed by atoms with Crippen LogP contribution in [0.4, 0.5) is 0 Å². The highest BCUT2D eigenvalue weighted by Gasteiger charge is 2.18. The molecule has 0 fully saturated rings. The fourth-order valence-corrected chi connectivity index (χ4v) is 8.73. The first-order chi connectivity index (χ1) is 27.2. The molecule has 0 aliphatic rings. The molecule has 2 heterocycles. The highest BCUT2D eigenvalue weighted by atomic mass is 32.1. The van der Waals surface area contributed by atoms with Gasteiger partial charge >= 0.3 is 0 Å². The summed E-state index contributed by atoms with van der Waals surface area (Å²) in [5.74, 6) is 1.93. The van der Waals surface area contributed by atoms with E-state index in [0.29, 0.717) is 17.5 Å². The van der Waals surface area contributed by atoms with Crippen molar-refractivity contribution in [2.75, 3.05) is 0 Å². The van der Waals surface area contributed by atoms with Crippen LogP contribution in [0.15, 0.2) is 200 Å². The van der Waals surface area contributed by atoms with E-state index < -0.39 is 0 Å². The van der Waals surface area contributed by atoms with Gasteiger partial charge in [0.15, 0.2) is 17.5 Å². The largest absolute Gasteiger partial charge is 0.208 e. The second kappa shape index (κ2) is 14.1. The van der Waals surface area contributed by atoms with E-state index in [2.05, 4.69) is 164 Å². The summed E-state index contributed by atoms with van der Waals surface area (Å²) < 4.78 is 2.55. The summed E-state index contributed by atoms with van der Waals surface area (Å²) in [5, 5.41) is 2.52. The van der Waals surface area contributed by atoms with Crippen molar-refractivity contribution in [3.8, 4) is 78.7 Å². The molecular weight excluding hydrogens is 687 g/mol. The van der Waals surface area contributed by atoms with E-state index >= 15 is 0 Å². The first-order valence-electron chi connectivity index (χ1n) is 18.4. The standard InChI is InChI=1S/C51H33N3S/c1-5-15-34(16-6-1)36-27-29-39(30-28-36)50-52-49(38-21-11-4-12-22-38)53-51(54-50)41-24-13-23-40(31-41)43-25-14-26-44-46-33-42(35-17-7-2-8-18-35)32-45(48(46)55-47(43)44)37-19-9-3-10-20-37/h1-33H. The molecule has 0 N–H and O–H groups in total. The number of hydrogen-bond donors (Lipinski definition) is 0. The van der Waals surface area contributed by atoms with E-state index in [1.165, 1.54) is 53.6 Å². The zero-order chi connectivity index (χ0) is 36.6. The van der Waals surface area contributed by atoms with Crippen LogP contribution in [0.2, 0.25) is 0 Å². The van der Waals surface area contributed by atoms with E-state index in [4.69, 9.17) is 15.0 Å². The molecule has 258 valence electrons. The van der Waals surface area contributed by atoms with Crippen LogP contribution in [0.5, 0.6) is 0 Å². The third-order valence-electron chi connectivity index (χ3n) is 10.1. The van der Waals surface area contributed by atoms with Gasteiger partial charge in [-0.25, -0.2) is 15.0 Å². The van der Waals surface area contributed by atoms with Gasteiger partial charge in [0.25, 0.3) is 0 Å². The lowest BCUT2D eigenvalue weighted by Crippen LogP contribution is -2.00. The molecule has 0 saturated carbocycles. The maximum Gasteiger partial charge on any atom is 0.164 e. The molecule has 0 aliphatic heterocycles. The Hall–Kier alpha value is -7.01. The summed E-state index contributed by atoms with van der Waals surface area (Å²) in [6.45, 7) is 0. The molecule has 0 radical (unpaired) electrons. The molecule has 0 aliphatic carbocycles. The van der Waals surface area contributed by atoms with Crippen LogP contribution < -0.4 is 0 Å². The van der Waals surface area contributed by atoms with Gasteiger partial charge in [-0.05, 0) is 57.1 Å². The molecule has 55 heavy (non-hydrogen) atoms. The minimum absolute atomic E-state index is 0.639. The number of benzene rings is 8. The predicted octanol–water partition coefficient (Wildman–Crippen LogP) is 13.9. The van der Waals surface area contributed by atoms with Gasteiger partial charge < -0.3 is 0 Å². The highest BCUT2D eigenvalue weighted by Crippen LogP contribution is 2.46. The number of rotatable bonds is 7. The van der Waals surface area contributed by atoms with Gasteiger partial charge in [-0.15, -0.1) is 11.3 Å². The molecule has 10 rings (SSSR count). The normalized spacial score (nSPS) is 11.3. The second-order valence-electron chi connectivity index (χ2n) is 13.6. The molecular formula is C51H33N3S. The van der Waals surface area contributed by atoms with Gasteiger partial charge in [-0.1, -0.05) is 182 Å². The van der Waals surface area contributed by atoms with Gasteiger partial charge in [0.05, 0.1) is 0 Å². The maximum absolute atomic E-state index is 5.10. The molecule has 0 amide bonds. The molecule has 0 bridgehead atoms. The van der Waals surface area contributed by atoms with Gasteiger partial charge in [0, 0.05) is 42.4 Å². The topological polar surface area (TPSA) is 38.7 Å². The summed E-state index contributed by atoms with van der Waals surface area (Å²) in [6.07, 6.45) is 0. The van der Waals surface area contributed by atoms with Crippen LogP contribution in [0, 0.1) is 0 Å². The second-order valence-corrected chi connectivity index (χ2v) is 14.6. The summed E-state index contributed by atoms with van der Waals surface area (Å²) in [7, 11) is 0. The lowest BCUT2D eigenvalue weighted by molar-refractivity contribution is 1.07. The Bertz CT molecular complexity index is 2940. The molecule has 3 nitrogen and oxygen atoms in total. The van der Waals surface area contributed by atoms with Crippen LogP contribution in [0.1, 0.15) is 0 Å². The van der Waals surface area contributed by atoms with Gasteiger partial charge in [-0.3, -0.25) is 0 Å². The number of nitrogens with zero attached hydrogens (tertiary/aromatic N) is 3. The quantitative estimate of drug-likeness (QED) is 0.165. The Balaban J connectivity index is 1.11. The maximum atomic E-state index is 5.10. The van der Waals surface area contributed by atoms with Gasteiger partial charge in [0.1, 0.15) is 0 Å². The number of fused-ring (bicyclic) bond motifs is 3. The van der Waals surface area contributed by atoms with Crippen molar-refractivity contribution < 1.29 is 0 Å². The Kier molecular flexibility index (Phi) is 8.36. The van der Waals surface area contributed by atoms with Crippen molar-refractivity contribution in [1.82, 2.24) is 15.0 Å². The monoisotopic (exact) mass is 719 g/mol. The van der Waals surface area contributed by atoms with Crippen molar-refractivity contribution in [1.29, 1.82) is 0 Å². The fraction of sp³-hybridized carbons (Fsp3) is 0. The molecule has 0 atom stereocenters. The number of hydrogen-bond acceptors (Lipinski definition) is 4. The SMILES string of the molecule is c1ccc(-c2ccc(-c3nc(-c4ccccc4)nc(-c4cccc(-c5cccc6c5sc5c(-c7ccccc7)cc(-c7ccccc7)cc56)c4)n3)cc2)cc1. The average molecular weight is 720 g/mol. The minimum Gasteiger partial charge on any atom is -0.208 e. The third kappa shape index (κ3) is 6.29. The first kappa shape index (κ1) is 32.6. The lowest BCUT2D eigenvalue weighted by Gasteiger charge is -2.10. The Morgan fingerprint density at radius 1 is 0.255 bits per heavy atom. The Morgan fingerprint density at radius 3 is 1.33 bits per heavy atom. The summed E-state index contributed by atoms with van der Waals surface area (Å²) in [6, 6.07) is 70.5. The third-order valence-corrected chi connectivity index (χ3v) is 11.4. The van der Waals surface area contributed by atoms with E-state index in [9.17, 15) is 0 Å². The highest BCUT2D eigenvalue weighted by molar-refractivity contribution is 7.26.